The van der Waals surface area contributed by atoms with E-state index in [0.29, 0.717) is 22.9 Å². The topological polar surface area (TPSA) is 76.0 Å². The van der Waals surface area contributed by atoms with Crippen LogP contribution in [0.3, 0.4) is 0 Å². The van der Waals surface area contributed by atoms with Crippen LogP contribution < -0.4 is 10.6 Å². The van der Waals surface area contributed by atoms with Crippen molar-refractivity contribution in [2.24, 2.45) is 7.05 Å². The van der Waals surface area contributed by atoms with Gasteiger partial charge in [0.2, 0.25) is 0 Å². The molecule has 0 spiro atoms. The Balaban J connectivity index is 2.24. The first-order chi connectivity index (χ1) is 11.1. The molecule has 24 heavy (non-hydrogen) atoms. The molecule has 1 aromatic heterocycles. The molecule has 0 atom stereocenters. The number of hydrogen-bond acceptors (Lipinski definition) is 3. The van der Waals surface area contributed by atoms with Gasteiger partial charge in [0.05, 0.1) is 0 Å². The fourth-order valence-corrected chi connectivity index (χ4v) is 2.09. The summed E-state index contributed by atoms with van der Waals surface area (Å²) in [7, 11) is 2.75. The Labute approximate surface area is 135 Å². The summed E-state index contributed by atoms with van der Waals surface area (Å²) < 4.78 is 38.8. The summed E-state index contributed by atoms with van der Waals surface area (Å²) in [4.78, 5) is 23.7. The van der Waals surface area contributed by atoms with Crippen molar-refractivity contribution in [1.29, 1.82) is 0 Å². The number of nitrogens with one attached hydrogen (secondary N) is 2. The van der Waals surface area contributed by atoms with Gasteiger partial charge in [-0.15, -0.1) is 0 Å². The van der Waals surface area contributed by atoms with E-state index in [1.54, 1.807) is 13.0 Å². The fraction of sp³-hybridized carbons (Fsp3) is 0.267. The molecule has 0 saturated carbocycles. The molecule has 0 fully saturated rings. The molecule has 1 aromatic carbocycles. The number of alkyl halides is 3. The molecule has 128 valence electrons. The van der Waals surface area contributed by atoms with Crippen molar-refractivity contribution in [3.8, 4) is 0 Å². The summed E-state index contributed by atoms with van der Waals surface area (Å²) in [6, 6.07) is 5.27. The molecule has 0 bridgehead atoms. The minimum absolute atomic E-state index is 0.225. The molecule has 1 heterocycles. The molecule has 0 aliphatic carbocycles. The summed E-state index contributed by atoms with van der Waals surface area (Å²) in [6.45, 7) is 1.67. The molecule has 2 N–H and O–H groups in total. The maximum absolute atomic E-state index is 12.6. The number of rotatable bonds is 3. The van der Waals surface area contributed by atoms with Crippen molar-refractivity contribution in [3.05, 3.63) is 46.8 Å². The Morgan fingerprint density at radius 2 is 1.83 bits per heavy atom. The van der Waals surface area contributed by atoms with Gasteiger partial charge in [-0.05, 0) is 30.7 Å². The normalized spacial score (nSPS) is 11.2. The molecule has 0 radical (unpaired) electrons. The molecular formula is C15H15F3N4O2. The van der Waals surface area contributed by atoms with Crippen LogP contribution in [0.25, 0.3) is 0 Å². The van der Waals surface area contributed by atoms with E-state index in [2.05, 4.69) is 15.7 Å². The molecular weight excluding hydrogens is 325 g/mol. The number of benzene rings is 1. The lowest BCUT2D eigenvalue weighted by atomic mass is 10.1. The lowest BCUT2D eigenvalue weighted by Crippen LogP contribution is -2.19. The van der Waals surface area contributed by atoms with Crippen LogP contribution >= 0.6 is 0 Å². The average Bonchev–Trinajstić information content (AvgIpc) is 2.90. The van der Waals surface area contributed by atoms with Crippen molar-refractivity contribution in [2.45, 2.75) is 13.1 Å². The number of carbonyl (C=O) groups is 2. The van der Waals surface area contributed by atoms with Gasteiger partial charge in [-0.3, -0.25) is 14.3 Å². The van der Waals surface area contributed by atoms with Crippen LogP contribution in [0.15, 0.2) is 24.3 Å². The average molecular weight is 340 g/mol. The highest BCUT2D eigenvalue weighted by Crippen LogP contribution is 2.28. The van der Waals surface area contributed by atoms with Gasteiger partial charge in [0, 0.05) is 31.4 Å². The SMILES string of the molecule is CNC(=O)c1ccc(NC(=O)c2cc(C(F)(F)F)nn2C)c(C)c1. The minimum Gasteiger partial charge on any atom is -0.355 e. The lowest BCUT2D eigenvalue weighted by molar-refractivity contribution is -0.141. The van der Waals surface area contributed by atoms with Crippen LogP contribution in [0.4, 0.5) is 18.9 Å². The molecule has 2 rings (SSSR count). The summed E-state index contributed by atoms with van der Waals surface area (Å²) in [5.74, 6) is -1.01. The highest BCUT2D eigenvalue weighted by atomic mass is 19.4. The van der Waals surface area contributed by atoms with Crippen molar-refractivity contribution in [3.63, 3.8) is 0 Å². The third-order valence-electron chi connectivity index (χ3n) is 3.37. The number of amides is 2. The van der Waals surface area contributed by atoms with E-state index in [1.165, 1.54) is 26.2 Å². The highest BCUT2D eigenvalue weighted by molar-refractivity contribution is 6.04. The van der Waals surface area contributed by atoms with Crippen LogP contribution in [-0.4, -0.2) is 28.6 Å². The molecule has 0 unspecified atom stereocenters. The molecule has 0 saturated heterocycles. The third kappa shape index (κ3) is 3.55. The molecule has 2 amide bonds. The van der Waals surface area contributed by atoms with E-state index in [1.807, 2.05) is 0 Å². The zero-order valence-corrected chi connectivity index (χ0v) is 13.2. The minimum atomic E-state index is -4.62. The predicted octanol–water partition coefficient (Wildman–Crippen LogP) is 2.36. The summed E-state index contributed by atoms with van der Waals surface area (Å²) in [6.07, 6.45) is -4.62. The Morgan fingerprint density at radius 3 is 2.33 bits per heavy atom. The number of aromatic nitrogens is 2. The maximum Gasteiger partial charge on any atom is 0.435 e. The standard InChI is InChI=1S/C15H15F3N4O2/c1-8-6-9(13(23)19-2)4-5-10(8)20-14(24)11-7-12(15(16,17)18)21-22(11)3/h4-7H,1-3H3,(H,19,23)(H,20,24). The number of halogens is 3. The summed E-state index contributed by atoms with van der Waals surface area (Å²) >= 11 is 0. The van der Waals surface area contributed by atoms with Crippen LogP contribution in [0.5, 0.6) is 0 Å². The second-order valence-electron chi connectivity index (χ2n) is 5.10. The number of anilines is 1. The number of carbonyl (C=O) groups excluding carboxylic acids is 2. The van der Waals surface area contributed by atoms with Crippen molar-refractivity contribution < 1.29 is 22.8 Å². The first-order valence-electron chi connectivity index (χ1n) is 6.89. The number of hydrogen-bond donors (Lipinski definition) is 2. The van der Waals surface area contributed by atoms with Gasteiger partial charge in [-0.1, -0.05) is 0 Å². The fourth-order valence-electron chi connectivity index (χ4n) is 2.09. The van der Waals surface area contributed by atoms with E-state index >= 15 is 0 Å². The quantitative estimate of drug-likeness (QED) is 0.901. The van der Waals surface area contributed by atoms with E-state index in [-0.39, 0.29) is 11.6 Å². The van der Waals surface area contributed by atoms with Gasteiger partial charge in [0.1, 0.15) is 5.69 Å². The Kier molecular flexibility index (Phi) is 4.63. The van der Waals surface area contributed by atoms with E-state index in [0.717, 1.165) is 4.68 Å². The highest BCUT2D eigenvalue weighted by Gasteiger charge is 2.35. The molecule has 0 aliphatic rings. The van der Waals surface area contributed by atoms with Gasteiger partial charge < -0.3 is 10.6 Å². The van der Waals surface area contributed by atoms with E-state index in [4.69, 9.17) is 0 Å². The Hall–Kier alpha value is -2.84. The zero-order chi connectivity index (χ0) is 18.1. The monoisotopic (exact) mass is 340 g/mol. The summed E-state index contributed by atoms with van der Waals surface area (Å²) in [5.41, 5.74) is 0.0388. The van der Waals surface area contributed by atoms with Crippen molar-refractivity contribution in [1.82, 2.24) is 15.1 Å². The Bertz CT molecular complexity index is 797. The second kappa shape index (κ2) is 6.34. The molecule has 9 heteroatoms. The van der Waals surface area contributed by atoms with Crippen molar-refractivity contribution >= 4 is 17.5 Å². The lowest BCUT2D eigenvalue weighted by Gasteiger charge is -2.10. The number of nitrogens with zero attached hydrogens (tertiary/aromatic N) is 2. The molecule has 6 nitrogen and oxygen atoms in total. The third-order valence-corrected chi connectivity index (χ3v) is 3.37. The molecule has 2 aromatic rings. The maximum atomic E-state index is 12.6. The van der Waals surface area contributed by atoms with Gasteiger partial charge in [-0.2, -0.15) is 18.3 Å². The summed E-state index contributed by atoms with van der Waals surface area (Å²) in [5, 5.41) is 8.29. The van der Waals surface area contributed by atoms with Crippen LogP contribution in [0.1, 0.15) is 32.1 Å². The van der Waals surface area contributed by atoms with Gasteiger partial charge in [-0.25, -0.2) is 0 Å². The van der Waals surface area contributed by atoms with Gasteiger partial charge >= 0.3 is 6.18 Å². The molecule has 0 aliphatic heterocycles. The van der Waals surface area contributed by atoms with E-state index in [9.17, 15) is 22.8 Å². The van der Waals surface area contributed by atoms with E-state index < -0.39 is 17.8 Å². The van der Waals surface area contributed by atoms with Crippen LogP contribution in [0, 0.1) is 6.92 Å². The van der Waals surface area contributed by atoms with Crippen molar-refractivity contribution in [2.75, 3.05) is 12.4 Å². The zero-order valence-electron chi connectivity index (χ0n) is 13.2. The van der Waals surface area contributed by atoms with Crippen LogP contribution in [-0.2, 0) is 13.2 Å². The largest absolute Gasteiger partial charge is 0.435 e. The van der Waals surface area contributed by atoms with Gasteiger partial charge in [0.25, 0.3) is 11.8 Å². The number of aryl methyl sites for hydroxylation is 2. The second-order valence-corrected chi connectivity index (χ2v) is 5.10. The first-order valence-corrected chi connectivity index (χ1v) is 6.89. The Morgan fingerprint density at radius 1 is 1.17 bits per heavy atom. The van der Waals surface area contributed by atoms with Crippen LogP contribution in [0.2, 0.25) is 0 Å². The first kappa shape index (κ1) is 17.5. The predicted molar refractivity (Wildman–Crippen MR) is 80.7 cm³/mol. The van der Waals surface area contributed by atoms with Gasteiger partial charge in [0.15, 0.2) is 5.69 Å². The smallest absolute Gasteiger partial charge is 0.355 e.